The highest BCUT2D eigenvalue weighted by molar-refractivity contribution is 6.17. The lowest BCUT2D eigenvalue weighted by Crippen LogP contribution is -2.19. The van der Waals surface area contributed by atoms with E-state index in [-0.39, 0.29) is 24.9 Å². The number of fused-ring (bicyclic) bond motifs is 1. The van der Waals surface area contributed by atoms with Crippen LogP contribution in [0.1, 0.15) is 6.42 Å². The van der Waals surface area contributed by atoms with E-state index in [4.69, 9.17) is 16.3 Å². The second-order valence-electron chi connectivity index (χ2n) is 6.87. The van der Waals surface area contributed by atoms with Crippen LogP contribution in [0.15, 0.2) is 61.1 Å². The Morgan fingerprint density at radius 2 is 2.03 bits per heavy atom. The van der Waals surface area contributed by atoms with Gasteiger partial charge < -0.3 is 15.4 Å². The number of benzene rings is 2. The normalized spacial score (nSPS) is 10.5. The Morgan fingerprint density at radius 1 is 1.15 bits per heavy atom. The number of carbonyl (C=O) groups excluding carboxylic acids is 1. The first kappa shape index (κ1) is 24.2. The Hall–Kier alpha value is -3.43. The van der Waals surface area contributed by atoms with Gasteiger partial charge in [0.1, 0.15) is 30.3 Å². The summed E-state index contributed by atoms with van der Waals surface area (Å²) in [6.45, 7) is 0.515. The first-order chi connectivity index (χ1) is 15.6. The van der Waals surface area contributed by atoms with E-state index in [0.29, 0.717) is 35.6 Å². The third-order valence-electron chi connectivity index (χ3n) is 4.46. The molecule has 172 valence electrons. The molecule has 0 bridgehead atoms. The number of carbonyl (C=O) groups is 1. The molecule has 2 aromatic carbocycles. The number of aromatic nitrogens is 4. The summed E-state index contributed by atoms with van der Waals surface area (Å²) in [5.41, 5.74) is 1.11. The summed E-state index contributed by atoms with van der Waals surface area (Å²) in [5, 5.41) is 10.9. The van der Waals surface area contributed by atoms with Crippen molar-refractivity contribution in [1.29, 1.82) is 0 Å². The molecule has 0 radical (unpaired) electrons. The van der Waals surface area contributed by atoms with Crippen molar-refractivity contribution in [2.75, 3.05) is 23.1 Å². The molecule has 2 aromatic heterocycles. The summed E-state index contributed by atoms with van der Waals surface area (Å²) in [6.07, 6.45) is 3.88. The highest BCUT2D eigenvalue weighted by Gasteiger charge is 2.09. The van der Waals surface area contributed by atoms with Crippen molar-refractivity contribution >= 4 is 58.1 Å². The summed E-state index contributed by atoms with van der Waals surface area (Å²) in [5.74, 6) is 1.62. The van der Waals surface area contributed by atoms with Crippen LogP contribution in [-0.4, -0.2) is 38.1 Å². The number of alkyl halides is 1. The molecule has 1 amide bonds. The molecule has 4 rings (SSSR count). The molecule has 0 atom stereocenters. The number of hydrogen-bond acceptors (Lipinski definition) is 6. The SMILES string of the molecule is Cl.O=C(Cn1ccc(Nc2ncnc3cc(OCCCCl)ccc23)n1)Nc1cccc(F)c1. The third-order valence-corrected chi connectivity index (χ3v) is 4.72. The Labute approximate surface area is 200 Å². The lowest BCUT2D eigenvalue weighted by atomic mass is 10.2. The van der Waals surface area contributed by atoms with Gasteiger partial charge in [-0.25, -0.2) is 14.4 Å². The predicted molar refractivity (Wildman–Crippen MR) is 128 cm³/mol. The molecule has 0 unspecified atom stereocenters. The van der Waals surface area contributed by atoms with E-state index in [9.17, 15) is 9.18 Å². The number of amides is 1. The first-order valence-corrected chi connectivity index (χ1v) is 10.4. The molecule has 11 heteroatoms. The number of rotatable bonds is 9. The van der Waals surface area contributed by atoms with Gasteiger partial charge in [0.05, 0.1) is 12.1 Å². The van der Waals surface area contributed by atoms with E-state index in [1.54, 1.807) is 18.3 Å². The average molecular weight is 491 g/mol. The minimum Gasteiger partial charge on any atom is -0.493 e. The van der Waals surface area contributed by atoms with Crippen molar-refractivity contribution in [1.82, 2.24) is 19.7 Å². The van der Waals surface area contributed by atoms with Gasteiger partial charge in [0.25, 0.3) is 0 Å². The van der Waals surface area contributed by atoms with E-state index < -0.39 is 5.82 Å². The molecule has 0 aliphatic carbocycles. The largest absolute Gasteiger partial charge is 0.493 e. The van der Waals surface area contributed by atoms with E-state index >= 15 is 0 Å². The second-order valence-corrected chi connectivity index (χ2v) is 7.25. The van der Waals surface area contributed by atoms with Gasteiger partial charge in [-0.2, -0.15) is 5.10 Å². The second kappa shape index (κ2) is 11.4. The molecule has 4 aromatic rings. The number of nitrogens with zero attached hydrogens (tertiary/aromatic N) is 4. The summed E-state index contributed by atoms with van der Waals surface area (Å²) in [4.78, 5) is 20.8. The molecule has 0 saturated heterocycles. The molecule has 0 spiro atoms. The molecule has 0 aliphatic heterocycles. The van der Waals surface area contributed by atoms with Crippen molar-refractivity contribution in [3.8, 4) is 5.75 Å². The van der Waals surface area contributed by atoms with Gasteiger partial charge in [0, 0.05) is 35.3 Å². The summed E-state index contributed by atoms with van der Waals surface area (Å²) < 4.78 is 20.4. The molecule has 0 saturated carbocycles. The fourth-order valence-electron chi connectivity index (χ4n) is 3.02. The Balaban J connectivity index is 0.00000306. The van der Waals surface area contributed by atoms with Crippen molar-refractivity contribution in [2.45, 2.75) is 13.0 Å². The molecule has 0 aliphatic rings. The maximum absolute atomic E-state index is 13.3. The Bertz CT molecular complexity index is 1240. The average Bonchev–Trinajstić information content (AvgIpc) is 3.20. The highest BCUT2D eigenvalue weighted by atomic mass is 35.5. The number of hydrogen-bond donors (Lipinski definition) is 2. The molecular formula is C22H21Cl2FN6O2. The fraction of sp³-hybridized carbons (Fsp3) is 0.182. The van der Waals surface area contributed by atoms with Crippen molar-refractivity contribution in [3.05, 3.63) is 66.9 Å². The zero-order valence-electron chi connectivity index (χ0n) is 17.4. The number of ether oxygens (including phenoxy) is 1. The Morgan fingerprint density at radius 3 is 2.85 bits per heavy atom. The molecule has 33 heavy (non-hydrogen) atoms. The van der Waals surface area contributed by atoms with E-state index in [1.807, 2.05) is 18.2 Å². The van der Waals surface area contributed by atoms with E-state index in [2.05, 4.69) is 25.7 Å². The Kier molecular flexibility index (Phi) is 8.39. The first-order valence-electron chi connectivity index (χ1n) is 9.90. The number of halogens is 3. The van der Waals surface area contributed by atoms with Gasteiger partial charge in [-0.05, 0) is 36.8 Å². The maximum Gasteiger partial charge on any atom is 0.246 e. The van der Waals surface area contributed by atoms with Gasteiger partial charge in [-0.15, -0.1) is 24.0 Å². The van der Waals surface area contributed by atoms with Crippen LogP contribution in [0.25, 0.3) is 10.9 Å². The molecule has 2 heterocycles. The minimum atomic E-state index is -0.417. The van der Waals surface area contributed by atoms with E-state index in [1.165, 1.54) is 29.2 Å². The van der Waals surface area contributed by atoms with Crippen LogP contribution in [-0.2, 0) is 11.3 Å². The van der Waals surface area contributed by atoms with Crippen LogP contribution in [0.3, 0.4) is 0 Å². The summed E-state index contributed by atoms with van der Waals surface area (Å²) in [6, 6.07) is 13.0. The number of anilines is 3. The zero-order valence-corrected chi connectivity index (χ0v) is 18.9. The quantitative estimate of drug-likeness (QED) is 0.259. The van der Waals surface area contributed by atoms with Gasteiger partial charge in [-0.3, -0.25) is 9.48 Å². The third kappa shape index (κ3) is 6.53. The van der Waals surface area contributed by atoms with E-state index in [0.717, 1.165) is 17.3 Å². The van der Waals surface area contributed by atoms with Gasteiger partial charge >= 0.3 is 0 Å². The van der Waals surface area contributed by atoms with Crippen molar-refractivity contribution in [3.63, 3.8) is 0 Å². The lowest BCUT2D eigenvalue weighted by Gasteiger charge is -2.09. The minimum absolute atomic E-state index is 0. The fourth-order valence-corrected chi connectivity index (χ4v) is 3.13. The van der Waals surface area contributed by atoms with Crippen LogP contribution >= 0.6 is 24.0 Å². The number of nitrogens with one attached hydrogen (secondary N) is 2. The van der Waals surface area contributed by atoms with Crippen LogP contribution in [0.2, 0.25) is 0 Å². The summed E-state index contributed by atoms with van der Waals surface area (Å²) >= 11 is 5.68. The van der Waals surface area contributed by atoms with Gasteiger partial charge in [-0.1, -0.05) is 6.07 Å². The van der Waals surface area contributed by atoms with Crippen LogP contribution < -0.4 is 15.4 Å². The maximum atomic E-state index is 13.3. The highest BCUT2D eigenvalue weighted by Crippen LogP contribution is 2.25. The molecule has 8 nitrogen and oxygen atoms in total. The predicted octanol–water partition coefficient (Wildman–Crippen LogP) is 4.78. The monoisotopic (exact) mass is 490 g/mol. The molecule has 0 fully saturated rings. The lowest BCUT2D eigenvalue weighted by molar-refractivity contribution is -0.116. The smallest absolute Gasteiger partial charge is 0.246 e. The van der Waals surface area contributed by atoms with Gasteiger partial charge in [0.2, 0.25) is 5.91 Å². The van der Waals surface area contributed by atoms with Crippen LogP contribution in [0, 0.1) is 5.82 Å². The molecule has 2 N–H and O–H groups in total. The van der Waals surface area contributed by atoms with Crippen molar-refractivity contribution < 1.29 is 13.9 Å². The zero-order chi connectivity index (χ0) is 22.3. The topological polar surface area (TPSA) is 94.0 Å². The molecular weight excluding hydrogens is 470 g/mol. The van der Waals surface area contributed by atoms with Crippen LogP contribution in [0.5, 0.6) is 5.75 Å². The van der Waals surface area contributed by atoms with Crippen molar-refractivity contribution in [2.24, 2.45) is 0 Å². The van der Waals surface area contributed by atoms with Crippen LogP contribution in [0.4, 0.5) is 21.7 Å². The standard InChI is InChI=1S/C22H20ClFN6O2.ClH/c23-8-2-10-32-17-5-6-18-19(12-17)25-14-26-22(18)28-20-7-9-30(29-20)13-21(31)27-16-4-1-3-15(24)11-16;/h1,3-7,9,11-12,14H,2,8,10,13H2,(H,27,31)(H,25,26,28,29);1H. The summed E-state index contributed by atoms with van der Waals surface area (Å²) in [7, 11) is 0. The van der Waals surface area contributed by atoms with Gasteiger partial charge in [0.15, 0.2) is 5.82 Å².